The zero-order chi connectivity index (χ0) is 19.8. The molecule has 144 valence electrons. The first-order chi connectivity index (χ1) is 13.0. The molecule has 2 aromatic rings. The summed E-state index contributed by atoms with van der Waals surface area (Å²) in [7, 11) is 0. The average molecular weight is 405 g/mol. The molecule has 0 spiro atoms. The first-order valence-electron chi connectivity index (χ1n) is 9.03. The Morgan fingerprint density at radius 1 is 1.15 bits per heavy atom. The molecular weight excluding hydrogens is 379 g/mol. The molecule has 1 unspecified atom stereocenters. The van der Waals surface area contributed by atoms with Crippen LogP contribution in [0.2, 0.25) is 5.02 Å². The van der Waals surface area contributed by atoms with Crippen molar-refractivity contribution in [2.24, 2.45) is 0 Å². The zero-order valence-electron chi connectivity index (χ0n) is 16.0. The highest BCUT2D eigenvalue weighted by atomic mass is 35.5. The zero-order valence-corrected chi connectivity index (χ0v) is 17.5. The van der Waals surface area contributed by atoms with E-state index in [0.717, 1.165) is 16.7 Å². The van der Waals surface area contributed by atoms with Crippen LogP contribution < -0.4 is 10.6 Å². The Morgan fingerprint density at radius 2 is 1.85 bits per heavy atom. The second-order valence-electron chi connectivity index (χ2n) is 6.46. The van der Waals surface area contributed by atoms with Crippen LogP contribution in [0, 0.1) is 13.8 Å². The van der Waals surface area contributed by atoms with Gasteiger partial charge in [0.25, 0.3) is 0 Å². The van der Waals surface area contributed by atoms with Gasteiger partial charge in [-0.15, -0.1) is 11.6 Å². The smallest absolute Gasteiger partial charge is 0.315 e. The van der Waals surface area contributed by atoms with Gasteiger partial charge >= 0.3 is 6.03 Å². The Morgan fingerprint density at radius 3 is 2.48 bits per heavy atom. The number of benzene rings is 2. The number of hydrogen-bond acceptors (Lipinski definition) is 1. The van der Waals surface area contributed by atoms with Crippen molar-refractivity contribution >= 4 is 34.8 Å². The monoisotopic (exact) mass is 404 g/mol. The predicted octanol–water partition coefficient (Wildman–Crippen LogP) is 6.03. The van der Waals surface area contributed by atoms with E-state index in [1.807, 2.05) is 37.3 Å². The average Bonchev–Trinajstić information content (AvgIpc) is 2.66. The topological polar surface area (TPSA) is 41.1 Å². The number of carbonyl (C=O) groups excluding carboxylic acids is 1. The number of carbonyl (C=O) groups is 1. The Hall–Kier alpha value is -1.97. The van der Waals surface area contributed by atoms with Gasteiger partial charge < -0.3 is 10.6 Å². The van der Waals surface area contributed by atoms with Crippen LogP contribution in [0.25, 0.3) is 5.57 Å². The van der Waals surface area contributed by atoms with E-state index in [1.165, 1.54) is 11.1 Å². The Labute approximate surface area is 171 Å². The highest BCUT2D eigenvalue weighted by Gasteiger charge is 2.19. The minimum Gasteiger partial charge on any atom is -0.337 e. The molecule has 1 atom stereocenters. The number of urea groups is 1. The Balaban J connectivity index is 2.32. The van der Waals surface area contributed by atoms with Gasteiger partial charge in [-0.1, -0.05) is 48.0 Å². The third-order valence-corrected chi connectivity index (χ3v) is 5.14. The summed E-state index contributed by atoms with van der Waals surface area (Å²) in [6.07, 6.45) is 2.76. The molecule has 2 rings (SSSR count). The van der Waals surface area contributed by atoms with Crippen LogP contribution in [0.4, 0.5) is 4.79 Å². The lowest BCUT2D eigenvalue weighted by atomic mass is 9.90. The van der Waals surface area contributed by atoms with Crippen LogP contribution in [-0.2, 0) is 0 Å². The fourth-order valence-electron chi connectivity index (χ4n) is 3.05. The number of nitrogens with one attached hydrogen (secondary N) is 2. The second-order valence-corrected chi connectivity index (χ2v) is 7.27. The highest BCUT2D eigenvalue weighted by molar-refractivity contribution is 6.30. The Bertz CT molecular complexity index is 800. The van der Waals surface area contributed by atoms with Gasteiger partial charge in [-0.2, -0.15) is 0 Å². The standard InChI is InChI=1S/C22H26Cl2N2O/c1-4-17(18-8-10-19(24)11-9-18)14-21(26-22(27)25-13-12-23)20-7-5-6-15(2)16(20)3/h4-11,21H,12-14H2,1-3H3,(H2,25,26,27)/b17-4+. The van der Waals surface area contributed by atoms with Crippen molar-refractivity contribution in [2.45, 2.75) is 33.2 Å². The van der Waals surface area contributed by atoms with E-state index in [1.54, 1.807) is 0 Å². The number of alkyl halides is 1. The largest absolute Gasteiger partial charge is 0.337 e. The summed E-state index contributed by atoms with van der Waals surface area (Å²) in [6.45, 7) is 6.62. The van der Waals surface area contributed by atoms with Gasteiger partial charge in [0.2, 0.25) is 0 Å². The van der Waals surface area contributed by atoms with Crippen molar-refractivity contribution in [3.05, 3.63) is 75.8 Å². The summed E-state index contributed by atoms with van der Waals surface area (Å²) in [4.78, 5) is 12.3. The molecule has 0 aliphatic carbocycles. The molecule has 5 heteroatoms. The lowest BCUT2D eigenvalue weighted by Gasteiger charge is -2.24. The van der Waals surface area contributed by atoms with Crippen LogP contribution >= 0.6 is 23.2 Å². The molecule has 3 nitrogen and oxygen atoms in total. The summed E-state index contributed by atoms with van der Waals surface area (Å²) in [6, 6.07) is 13.6. The maximum atomic E-state index is 12.3. The first-order valence-corrected chi connectivity index (χ1v) is 9.95. The van der Waals surface area contributed by atoms with E-state index >= 15 is 0 Å². The summed E-state index contributed by atoms with van der Waals surface area (Å²) in [5.41, 5.74) is 5.75. The quantitative estimate of drug-likeness (QED) is 0.543. The molecule has 0 fully saturated rings. The maximum Gasteiger partial charge on any atom is 0.315 e. The lowest BCUT2D eigenvalue weighted by Crippen LogP contribution is -2.39. The Kier molecular flexibility index (Phi) is 8.21. The molecule has 0 aliphatic heterocycles. The SMILES string of the molecule is C/C=C(\CC(NC(=O)NCCCl)c1cccc(C)c1C)c1ccc(Cl)cc1. The fourth-order valence-corrected chi connectivity index (χ4v) is 3.27. The molecule has 0 aromatic heterocycles. The van der Waals surface area contributed by atoms with Gasteiger partial charge in [0.1, 0.15) is 0 Å². The number of halogens is 2. The number of allylic oxidation sites excluding steroid dienone is 1. The molecule has 2 amide bonds. The molecule has 0 heterocycles. The van der Waals surface area contributed by atoms with Crippen molar-refractivity contribution in [3.63, 3.8) is 0 Å². The molecule has 0 saturated heterocycles. The van der Waals surface area contributed by atoms with Crippen molar-refractivity contribution in [1.29, 1.82) is 0 Å². The van der Waals surface area contributed by atoms with Crippen molar-refractivity contribution in [3.8, 4) is 0 Å². The number of aryl methyl sites for hydroxylation is 1. The molecule has 0 aliphatic rings. The van der Waals surface area contributed by atoms with Crippen molar-refractivity contribution in [2.75, 3.05) is 12.4 Å². The van der Waals surface area contributed by atoms with Crippen LogP contribution in [0.15, 0.2) is 48.5 Å². The molecule has 27 heavy (non-hydrogen) atoms. The molecule has 0 saturated carbocycles. The van der Waals surface area contributed by atoms with Gasteiger partial charge in [0, 0.05) is 17.4 Å². The van der Waals surface area contributed by atoms with Gasteiger partial charge in [-0.05, 0) is 67.2 Å². The van der Waals surface area contributed by atoms with E-state index in [9.17, 15) is 4.79 Å². The summed E-state index contributed by atoms with van der Waals surface area (Å²) < 4.78 is 0. The van der Waals surface area contributed by atoms with Crippen LogP contribution in [0.5, 0.6) is 0 Å². The van der Waals surface area contributed by atoms with Crippen molar-refractivity contribution in [1.82, 2.24) is 10.6 Å². The molecule has 0 radical (unpaired) electrons. The van der Waals surface area contributed by atoms with Crippen molar-refractivity contribution < 1.29 is 4.79 Å². The number of rotatable bonds is 7. The minimum absolute atomic E-state index is 0.151. The maximum absolute atomic E-state index is 12.3. The van der Waals surface area contributed by atoms with Crippen LogP contribution in [0.3, 0.4) is 0 Å². The molecule has 0 bridgehead atoms. The van der Waals surface area contributed by atoms with Crippen LogP contribution in [0.1, 0.15) is 41.6 Å². The van der Waals surface area contributed by atoms with Gasteiger partial charge in [-0.3, -0.25) is 0 Å². The number of hydrogen-bond donors (Lipinski definition) is 2. The second kappa shape index (κ2) is 10.4. The number of amides is 2. The first kappa shape index (κ1) is 21.3. The predicted molar refractivity (Wildman–Crippen MR) is 116 cm³/mol. The van der Waals surface area contributed by atoms with Gasteiger partial charge in [0.05, 0.1) is 6.04 Å². The van der Waals surface area contributed by atoms with Gasteiger partial charge in [-0.25, -0.2) is 4.79 Å². The fraction of sp³-hybridized carbons (Fsp3) is 0.318. The van der Waals surface area contributed by atoms with E-state index in [2.05, 4.69) is 42.7 Å². The molecule has 2 aromatic carbocycles. The van der Waals surface area contributed by atoms with Gasteiger partial charge in [0.15, 0.2) is 0 Å². The minimum atomic E-state index is -0.215. The third kappa shape index (κ3) is 6.02. The summed E-state index contributed by atoms with van der Waals surface area (Å²) in [5, 5.41) is 6.60. The third-order valence-electron chi connectivity index (χ3n) is 4.69. The lowest BCUT2D eigenvalue weighted by molar-refractivity contribution is 0.238. The summed E-state index contributed by atoms with van der Waals surface area (Å²) >= 11 is 11.7. The van der Waals surface area contributed by atoms with E-state index < -0.39 is 0 Å². The molecule has 2 N–H and O–H groups in total. The molecular formula is C22H26Cl2N2O. The van der Waals surface area contributed by atoms with E-state index in [4.69, 9.17) is 23.2 Å². The van der Waals surface area contributed by atoms with E-state index in [-0.39, 0.29) is 12.1 Å². The summed E-state index contributed by atoms with van der Waals surface area (Å²) in [5.74, 6) is 0.381. The van der Waals surface area contributed by atoms with Crippen LogP contribution in [-0.4, -0.2) is 18.5 Å². The normalized spacial score (nSPS) is 12.6. The highest BCUT2D eigenvalue weighted by Crippen LogP contribution is 2.30. The van der Waals surface area contributed by atoms with E-state index in [0.29, 0.717) is 23.9 Å².